The van der Waals surface area contributed by atoms with E-state index in [0.717, 1.165) is 17.7 Å². The minimum atomic E-state index is -0.299. The standard InChI is InChI=1S/C20H21FN2OS/c1-2-14-23(16-17-9-11-18(21)12-10-17)20(24)22-13-6-15-25-19-7-4-3-5-8-19/h1,3-5,7-12H,6,13-16H2,(H,22,24). The Morgan fingerprint density at radius 3 is 2.56 bits per heavy atom. The number of benzene rings is 2. The number of carbonyl (C=O) groups is 1. The minimum absolute atomic E-state index is 0.202. The molecule has 2 amide bonds. The Hall–Kier alpha value is -2.45. The molecule has 0 atom stereocenters. The highest BCUT2D eigenvalue weighted by Gasteiger charge is 2.12. The van der Waals surface area contributed by atoms with Gasteiger partial charge in [0.25, 0.3) is 0 Å². The van der Waals surface area contributed by atoms with Crippen molar-refractivity contribution in [2.75, 3.05) is 18.8 Å². The fraction of sp³-hybridized carbons (Fsp3) is 0.250. The molecule has 5 heteroatoms. The first kappa shape index (κ1) is 18.9. The number of nitrogens with one attached hydrogen (secondary N) is 1. The smallest absolute Gasteiger partial charge is 0.318 e. The molecule has 0 radical (unpaired) electrons. The zero-order chi connectivity index (χ0) is 17.9. The fourth-order valence-corrected chi connectivity index (χ4v) is 3.08. The molecule has 0 aliphatic carbocycles. The van der Waals surface area contributed by atoms with E-state index >= 15 is 0 Å². The summed E-state index contributed by atoms with van der Waals surface area (Å²) in [5, 5.41) is 2.89. The van der Waals surface area contributed by atoms with Gasteiger partial charge in [-0.1, -0.05) is 36.3 Å². The van der Waals surface area contributed by atoms with Gasteiger partial charge in [-0.25, -0.2) is 9.18 Å². The molecule has 0 heterocycles. The molecule has 130 valence electrons. The number of amides is 2. The van der Waals surface area contributed by atoms with Crippen LogP contribution < -0.4 is 5.32 Å². The Kier molecular flexibility index (Phi) is 7.87. The molecule has 1 N–H and O–H groups in total. The van der Waals surface area contributed by atoms with E-state index in [2.05, 4.69) is 23.4 Å². The van der Waals surface area contributed by atoms with Crippen molar-refractivity contribution in [1.29, 1.82) is 0 Å². The summed E-state index contributed by atoms with van der Waals surface area (Å²) in [6.07, 6.45) is 6.22. The third-order valence-electron chi connectivity index (χ3n) is 3.47. The molecule has 2 aromatic rings. The number of halogens is 1. The lowest BCUT2D eigenvalue weighted by molar-refractivity contribution is 0.202. The Labute approximate surface area is 152 Å². The normalized spacial score (nSPS) is 10.1. The van der Waals surface area contributed by atoms with Crippen LogP contribution in [0.5, 0.6) is 0 Å². The Bertz CT molecular complexity index is 698. The first-order valence-corrected chi connectivity index (χ1v) is 9.06. The zero-order valence-corrected chi connectivity index (χ0v) is 14.8. The quantitative estimate of drug-likeness (QED) is 0.438. The molecule has 0 aromatic heterocycles. The van der Waals surface area contributed by atoms with Crippen LogP contribution in [0.4, 0.5) is 9.18 Å². The molecule has 0 spiro atoms. The van der Waals surface area contributed by atoms with E-state index in [4.69, 9.17) is 6.42 Å². The van der Waals surface area contributed by atoms with E-state index in [0.29, 0.717) is 13.1 Å². The van der Waals surface area contributed by atoms with E-state index in [9.17, 15) is 9.18 Å². The Morgan fingerprint density at radius 1 is 1.16 bits per heavy atom. The van der Waals surface area contributed by atoms with E-state index in [-0.39, 0.29) is 18.4 Å². The molecular formula is C20H21FN2OS. The molecule has 0 aliphatic heterocycles. The van der Waals surface area contributed by atoms with Crippen molar-refractivity contribution in [2.45, 2.75) is 17.9 Å². The van der Waals surface area contributed by atoms with Gasteiger partial charge in [-0.3, -0.25) is 0 Å². The van der Waals surface area contributed by atoms with Gasteiger partial charge < -0.3 is 10.2 Å². The van der Waals surface area contributed by atoms with Gasteiger partial charge in [0, 0.05) is 18.0 Å². The number of terminal acetylenes is 1. The summed E-state index contributed by atoms with van der Waals surface area (Å²) in [7, 11) is 0. The Balaban J connectivity index is 1.74. The van der Waals surface area contributed by atoms with Crippen LogP contribution in [0.15, 0.2) is 59.5 Å². The average molecular weight is 356 g/mol. The largest absolute Gasteiger partial charge is 0.338 e. The second-order valence-electron chi connectivity index (χ2n) is 5.43. The van der Waals surface area contributed by atoms with Gasteiger partial charge in [0.15, 0.2) is 0 Å². The molecule has 0 unspecified atom stereocenters. The lowest BCUT2D eigenvalue weighted by atomic mass is 10.2. The number of rotatable bonds is 8. The van der Waals surface area contributed by atoms with Gasteiger partial charge in [0.05, 0.1) is 6.54 Å². The second-order valence-corrected chi connectivity index (χ2v) is 6.60. The predicted molar refractivity (Wildman–Crippen MR) is 101 cm³/mol. The van der Waals surface area contributed by atoms with Crippen molar-refractivity contribution >= 4 is 17.8 Å². The zero-order valence-electron chi connectivity index (χ0n) is 14.0. The van der Waals surface area contributed by atoms with Crippen molar-refractivity contribution in [3.63, 3.8) is 0 Å². The number of thioether (sulfide) groups is 1. The lowest BCUT2D eigenvalue weighted by Crippen LogP contribution is -2.40. The summed E-state index contributed by atoms with van der Waals surface area (Å²) in [6.45, 7) is 1.15. The Morgan fingerprint density at radius 2 is 1.88 bits per heavy atom. The third kappa shape index (κ3) is 6.90. The van der Waals surface area contributed by atoms with Gasteiger partial charge in [-0.05, 0) is 42.0 Å². The van der Waals surface area contributed by atoms with Crippen LogP contribution in [-0.4, -0.2) is 29.8 Å². The van der Waals surface area contributed by atoms with Gasteiger partial charge in [0.2, 0.25) is 0 Å². The van der Waals surface area contributed by atoms with Gasteiger partial charge in [0.1, 0.15) is 5.82 Å². The number of urea groups is 1. The first-order chi connectivity index (χ1) is 12.2. The minimum Gasteiger partial charge on any atom is -0.338 e. The fourth-order valence-electron chi connectivity index (χ4n) is 2.21. The molecule has 0 bridgehead atoms. The second kappa shape index (κ2) is 10.4. The summed E-state index contributed by atoms with van der Waals surface area (Å²) < 4.78 is 13.0. The molecule has 0 saturated carbocycles. The molecule has 0 fully saturated rings. The summed E-state index contributed by atoms with van der Waals surface area (Å²) in [5.74, 6) is 3.12. The van der Waals surface area contributed by atoms with Crippen LogP contribution in [0.25, 0.3) is 0 Å². The molecular weight excluding hydrogens is 335 g/mol. The van der Waals surface area contributed by atoms with Gasteiger partial charge in [-0.15, -0.1) is 18.2 Å². The van der Waals surface area contributed by atoms with Gasteiger partial charge >= 0.3 is 6.03 Å². The molecule has 25 heavy (non-hydrogen) atoms. The monoisotopic (exact) mass is 356 g/mol. The van der Waals surface area contributed by atoms with Crippen LogP contribution in [0.3, 0.4) is 0 Å². The topological polar surface area (TPSA) is 32.3 Å². The summed E-state index contributed by atoms with van der Waals surface area (Å²) in [5.41, 5.74) is 0.839. The third-order valence-corrected chi connectivity index (χ3v) is 4.56. The van der Waals surface area contributed by atoms with Crippen LogP contribution in [-0.2, 0) is 6.54 Å². The van der Waals surface area contributed by atoms with Crippen molar-refractivity contribution in [3.8, 4) is 12.3 Å². The maximum absolute atomic E-state index is 13.0. The van der Waals surface area contributed by atoms with Crippen LogP contribution in [0, 0.1) is 18.2 Å². The first-order valence-electron chi connectivity index (χ1n) is 8.07. The van der Waals surface area contributed by atoms with E-state index in [1.807, 2.05) is 18.2 Å². The van der Waals surface area contributed by atoms with Crippen molar-refractivity contribution in [1.82, 2.24) is 10.2 Å². The van der Waals surface area contributed by atoms with E-state index in [1.54, 1.807) is 23.9 Å². The van der Waals surface area contributed by atoms with Crippen molar-refractivity contribution in [3.05, 3.63) is 66.0 Å². The maximum Gasteiger partial charge on any atom is 0.318 e. The van der Waals surface area contributed by atoms with Crippen LogP contribution in [0.1, 0.15) is 12.0 Å². The highest BCUT2D eigenvalue weighted by molar-refractivity contribution is 7.99. The highest BCUT2D eigenvalue weighted by Crippen LogP contribution is 2.17. The number of carbonyl (C=O) groups excluding carboxylic acids is 1. The lowest BCUT2D eigenvalue weighted by Gasteiger charge is -2.21. The average Bonchev–Trinajstić information content (AvgIpc) is 2.63. The number of nitrogens with zero attached hydrogens (tertiary/aromatic N) is 1. The number of hydrogen-bond acceptors (Lipinski definition) is 2. The number of hydrogen-bond donors (Lipinski definition) is 1. The summed E-state index contributed by atoms with van der Waals surface area (Å²) in [6, 6.07) is 16.0. The molecule has 0 saturated heterocycles. The van der Waals surface area contributed by atoms with Crippen LogP contribution >= 0.6 is 11.8 Å². The summed E-state index contributed by atoms with van der Waals surface area (Å²) >= 11 is 1.76. The van der Waals surface area contributed by atoms with Crippen LogP contribution in [0.2, 0.25) is 0 Å². The van der Waals surface area contributed by atoms with Crippen molar-refractivity contribution < 1.29 is 9.18 Å². The molecule has 2 aromatic carbocycles. The van der Waals surface area contributed by atoms with Gasteiger partial charge in [-0.2, -0.15) is 0 Å². The SMILES string of the molecule is C#CCN(Cc1ccc(F)cc1)C(=O)NCCCSc1ccccc1. The van der Waals surface area contributed by atoms with E-state index < -0.39 is 0 Å². The molecule has 2 rings (SSSR count). The summed E-state index contributed by atoms with van der Waals surface area (Å²) in [4.78, 5) is 15.0. The highest BCUT2D eigenvalue weighted by atomic mass is 32.2. The predicted octanol–water partition coefficient (Wildman–Crippen LogP) is 4.15. The maximum atomic E-state index is 13.0. The molecule has 0 aliphatic rings. The van der Waals surface area contributed by atoms with E-state index in [1.165, 1.54) is 21.9 Å². The molecule has 3 nitrogen and oxygen atoms in total. The van der Waals surface area contributed by atoms with Crippen molar-refractivity contribution in [2.24, 2.45) is 0 Å².